The fourth-order valence-corrected chi connectivity index (χ4v) is 3.98. The molecule has 0 radical (unpaired) electrons. The summed E-state index contributed by atoms with van der Waals surface area (Å²) in [6.45, 7) is 0. The molecule has 0 bridgehead atoms. The number of hydrogen-bond acceptors (Lipinski definition) is 3. The van der Waals surface area contributed by atoms with E-state index in [0.29, 0.717) is 5.92 Å². The Morgan fingerprint density at radius 1 is 0.947 bits per heavy atom. The average molecular weight is 266 g/mol. The van der Waals surface area contributed by atoms with Crippen molar-refractivity contribution in [2.45, 2.75) is 82.5 Å². The van der Waals surface area contributed by atoms with E-state index in [1.165, 1.54) is 38.5 Å². The zero-order chi connectivity index (χ0) is 13.2. The van der Waals surface area contributed by atoms with Gasteiger partial charge < -0.3 is 9.84 Å². The summed E-state index contributed by atoms with van der Waals surface area (Å²) in [5, 5.41) is 10.4. The Labute approximate surface area is 115 Å². The summed E-state index contributed by atoms with van der Waals surface area (Å²) in [6, 6.07) is 0. The predicted octanol–water partition coefficient (Wildman–Crippen LogP) is 2.84. The van der Waals surface area contributed by atoms with Crippen LogP contribution in [0.5, 0.6) is 0 Å². The highest BCUT2D eigenvalue weighted by Gasteiger charge is 2.52. The summed E-state index contributed by atoms with van der Waals surface area (Å²) in [7, 11) is 0. The number of ether oxygens (including phenoxy) is 1. The molecule has 0 amide bonds. The molecule has 0 aromatic rings. The fourth-order valence-electron chi connectivity index (χ4n) is 3.98. The van der Waals surface area contributed by atoms with E-state index < -0.39 is 6.10 Å². The van der Waals surface area contributed by atoms with Crippen LogP contribution in [0, 0.1) is 11.8 Å². The van der Waals surface area contributed by atoms with Crippen LogP contribution in [0.1, 0.15) is 64.2 Å². The quantitative estimate of drug-likeness (QED) is 0.796. The molecule has 3 heteroatoms. The van der Waals surface area contributed by atoms with Crippen LogP contribution < -0.4 is 0 Å². The molecule has 1 saturated heterocycles. The number of aliphatic hydroxyl groups is 1. The Balaban J connectivity index is 1.50. The Morgan fingerprint density at radius 3 is 2.16 bits per heavy atom. The Morgan fingerprint density at radius 2 is 1.53 bits per heavy atom. The van der Waals surface area contributed by atoms with E-state index in [0.717, 1.165) is 25.7 Å². The van der Waals surface area contributed by atoms with Gasteiger partial charge in [0.1, 0.15) is 12.2 Å². The third-order valence-corrected chi connectivity index (χ3v) is 5.28. The third kappa shape index (κ3) is 3.03. The van der Waals surface area contributed by atoms with Gasteiger partial charge in [-0.25, -0.2) is 0 Å². The van der Waals surface area contributed by atoms with Crippen LogP contribution in [0.3, 0.4) is 0 Å². The molecule has 0 aromatic heterocycles. The summed E-state index contributed by atoms with van der Waals surface area (Å²) in [5.41, 5.74) is 0. The molecule has 1 heterocycles. The topological polar surface area (TPSA) is 49.8 Å². The molecule has 3 rings (SSSR count). The number of carbonyl (C=O) groups excluding carboxylic acids is 1. The first-order valence-electron chi connectivity index (χ1n) is 8.14. The number of Topliss-reactive ketones (excluding diaryl/α,β-unsaturated/α-hetero) is 1. The molecule has 19 heavy (non-hydrogen) atoms. The fraction of sp³-hybridized carbons (Fsp3) is 0.938. The number of hydrogen-bond donors (Lipinski definition) is 1. The van der Waals surface area contributed by atoms with Gasteiger partial charge >= 0.3 is 0 Å². The van der Waals surface area contributed by atoms with Crippen molar-refractivity contribution in [1.29, 1.82) is 0 Å². The number of ketones is 1. The summed E-state index contributed by atoms with van der Waals surface area (Å²) in [5.74, 6) is 0.852. The van der Waals surface area contributed by atoms with Crippen molar-refractivity contribution in [2.24, 2.45) is 11.8 Å². The van der Waals surface area contributed by atoms with Gasteiger partial charge in [0, 0.05) is 5.92 Å². The van der Waals surface area contributed by atoms with Crippen molar-refractivity contribution in [3.8, 4) is 0 Å². The molecule has 3 fully saturated rings. The van der Waals surface area contributed by atoms with Gasteiger partial charge in [-0.05, 0) is 31.6 Å². The van der Waals surface area contributed by atoms with Crippen LogP contribution in [0.2, 0.25) is 0 Å². The lowest BCUT2D eigenvalue weighted by atomic mass is 9.81. The lowest BCUT2D eigenvalue weighted by molar-refractivity contribution is -0.125. The highest BCUT2D eigenvalue weighted by molar-refractivity contribution is 5.88. The molecule has 1 N–H and O–H groups in total. The zero-order valence-corrected chi connectivity index (χ0v) is 11.7. The molecular weight excluding hydrogens is 240 g/mol. The molecular formula is C16H26O3. The van der Waals surface area contributed by atoms with E-state index in [4.69, 9.17) is 4.74 Å². The van der Waals surface area contributed by atoms with Crippen LogP contribution in [-0.4, -0.2) is 29.2 Å². The smallest absolute Gasteiger partial charge is 0.167 e. The van der Waals surface area contributed by atoms with Crippen molar-refractivity contribution < 1.29 is 14.6 Å². The first-order chi connectivity index (χ1) is 9.27. The van der Waals surface area contributed by atoms with E-state index in [1.807, 2.05) is 0 Å². The van der Waals surface area contributed by atoms with Gasteiger partial charge in [0.25, 0.3) is 0 Å². The minimum atomic E-state index is -0.405. The van der Waals surface area contributed by atoms with Crippen LogP contribution in [0.15, 0.2) is 0 Å². The van der Waals surface area contributed by atoms with Crippen LogP contribution in [-0.2, 0) is 9.53 Å². The monoisotopic (exact) mass is 266 g/mol. The average Bonchev–Trinajstić information content (AvgIpc) is 3.28. The first kappa shape index (κ1) is 13.6. The van der Waals surface area contributed by atoms with Gasteiger partial charge in [-0.2, -0.15) is 0 Å². The van der Waals surface area contributed by atoms with Crippen molar-refractivity contribution in [2.75, 3.05) is 0 Å². The van der Waals surface area contributed by atoms with E-state index in [9.17, 15) is 9.90 Å². The van der Waals surface area contributed by atoms with Crippen molar-refractivity contribution in [3.05, 3.63) is 0 Å². The van der Waals surface area contributed by atoms with Gasteiger partial charge in [0.05, 0.1) is 6.10 Å². The summed E-state index contributed by atoms with van der Waals surface area (Å²) >= 11 is 0. The maximum Gasteiger partial charge on any atom is 0.167 e. The number of carbonyl (C=O) groups is 1. The molecule has 3 atom stereocenters. The second-order valence-corrected chi connectivity index (χ2v) is 6.65. The van der Waals surface area contributed by atoms with Gasteiger partial charge in [0.15, 0.2) is 5.78 Å². The standard InChI is InChI=1S/C16H26O3/c17-13(11-7-3-1-4-8-11)15-16(19-15)14(18)12-9-5-2-6-10-12/h11-13,15-17H,1-10H2/t13-,15-,16+/m0/s1. The maximum absolute atomic E-state index is 12.3. The highest BCUT2D eigenvalue weighted by atomic mass is 16.6. The van der Waals surface area contributed by atoms with E-state index in [-0.39, 0.29) is 23.9 Å². The first-order valence-corrected chi connectivity index (χ1v) is 8.14. The number of aliphatic hydroxyl groups excluding tert-OH is 1. The minimum Gasteiger partial charge on any atom is -0.390 e. The Kier molecular flexibility index (Phi) is 4.23. The van der Waals surface area contributed by atoms with Gasteiger partial charge in [-0.1, -0.05) is 38.5 Å². The normalized spacial score (nSPS) is 35.0. The van der Waals surface area contributed by atoms with Crippen LogP contribution in [0.4, 0.5) is 0 Å². The lowest BCUT2D eigenvalue weighted by Crippen LogP contribution is -2.32. The SMILES string of the molecule is O=C(C1CCCCC1)[C@H]1O[C@H]1[C@@H](O)C1CCCCC1. The number of rotatable bonds is 4. The largest absolute Gasteiger partial charge is 0.390 e. The second-order valence-electron chi connectivity index (χ2n) is 6.65. The molecule has 2 aliphatic carbocycles. The highest BCUT2D eigenvalue weighted by Crippen LogP contribution is 2.38. The molecule has 3 nitrogen and oxygen atoms in total. The molecule has 3 aliphatic rings. The predicted molar refractivity (Wildman–Crippen MR) is 72.8 cm³/mol. The summed E-state index contributed by atoms with van der Waals surface area (Å²) in [6.07, 6.45) is 10.8. The molecule has 108 valence electrons. The minimum absolute atomic E-state index is 0.183. The zero-order valence-electron chi connectivity index (χ0n) is 11.7. The molecule has 2 saturated carbocycles. The molecule has 0 spiro atoms. The maximum atomic E-state index is 12.3. The van der Waals surface area contributed by atoms with Crippen molar-refractivity contribution >= 4 is 5.78 Å². The van der Waals surface area contributed by atoms with Gasteiger partial charge in [-0.15, -0.1) is 0 Å². The molecule has 0 unspecified atom stereocenters. The van der Waals surface area contributed by atoms with E-state index >= 15 is 0 Å². The second kappa shape index (κ2) is 5.92. The van der Waals surface area contributed by atoms with E-state index in [1.54, 1.807) is 0 Å². The van der Waals surface area contributed by atoms with E-state index in [2.05, 4.69) is 0 Å². The lowest BCUT2D eigenvalue weighted by Gasteiger charge is -2.25. The third-order valence-electron chi connectivity index (χ3n) is 5.28. The Hall–Kier alpha value is -0.410. The summed E-state index contributed by atoms with van der Waals surface area (Å²) < 4.78 is 5.55. The van der Waals surface area contributed by atoms with Crippen molar-refractivity contribution in [1.82, 2.24) is 0 Å². The summed E-state index contributed by atoms with van der Waals surface area (Å²) in [4.78, 5) is 12.3. The van der Waals surface area contributed by atoms with Gasteiger partial charge in [-0.3, -0.25) is 4.79 Å². The van der Waals surface area contributed by atoms with Crippen molar-refractivity contribution in [3.63, 3.8) is 0 Å². The van der Waals surface area contributed by atoms with Gasteiger partial charge in [0.2, 0.25) is 0 Å². The van der Waals surface area contributed by atoms with Crippen LogP contribution in [0.25, 0.3) is 0 Å². The number of epoxide rings is 1. The van der Waals surface area contributed by atoms with Crippen LogP contribution >= 0.6 is 0 Å². The molecule has 1 aliphatic heterocycles. The Bertz CT molecular complexity index is 316. The molecule has 0 aromatic carbocycles.